The number of nitrogens with one attached hydrogen (secondary N) is 1. The summed E-state index contributed by atoms with van der Waals surface area (Å²) in [4.78, 5) is 24.7. The number of amides is 2. The molecular weight excluding hydrogens is 288 g/mol. The molecule has 1 aromatic carbocycles. The van der Waals surface area contributed by atoms with Crippen molar-refractivity contribution in [3.63, 3.8) is 0 Å². The van der Waals surface area contributed by atoms with Gasteiger partial charge in [-0.3, -0.25) is 14.5 Å². The minimum atomic E-state index is -0.512. The van der Waals surface area contributed by atoms with Crippen LogP contribution in [0.1, 0.15) is 11.9 Å². The Morgan fingerprint density at radius 2 is 2.00 bits per heavy atom. The van der Waals surface area contributed by atoms with Gasteiger partial charge in [0.25, 0.3) is 11.8 Å². The van der Waals surface area contributed by atoms with Gasteiger partial charge in [0.2, 0.25) is 0 Å². The minimum absolute atomic E-state index is 0.0190. The molecule has 0 aromatic heterocycles. The fraction of sp³-hybridized carbons (Fsp3) is 0.333. The lowest BCUT2D eigenvalue weighted by atomic mass is 10.2. The second-order valence-electron chi connectivity index (χ2n) is 4.63. The molecule has 7 nitrogen and oxygen atoms in total. The molecule has 0 atom stereocenters. The van der Waals surface area contributed by atoms with Crippen LogP contribution >= 0.6 is 0 Å². The van der Waals surface area contributed by atoms with Crippen LogP contribution in [-0.2, 0) is 19.1 Å². The molecule has 0 fully saturated rings. The van der Waals surface area contributed by atoms with Gasteiger partial charge in [0.05, 0.1) is 13.2 Å². The van der Waals surface area contributed by atoms with Gasteiger partial charge in [-0.15, -0.1) is 0 Å². The van der Waals surface area contributed by atoms with Crippen LogP contribution in [0.2, 0.25) is 0 Å². The monoisotopic (exact) mass is 306 g/mol. The predicted octanol–water partition coefficient (Wildman–Crippen LogP) is 0.635. The van der Waals surface area contributed by atoms with E-state index in [4.69, 9.17) is 14.6 Å². The Hall–Kier alpha value is -2.22. The molecule has 22 heavy (non-hydrogen) atoms. The maximum absolute atomic E-state index is 12.1. The summed E-state index contributed by atoms with van der Waals surface area (Å²) in [7, 11) is 3.06. The number of carbonyl (C=O) groups is 2. The van der Waals surface area contributed by atoms with Crippen molar-refractivity contribution < 1.29 is 24.2 Å². The van der Waals surface area contributed by atoms with Crippen LogP contribution < -0.4 is 5.32 Å². The van der Waals surface area contributed by atoms with Gasteiger partial charge in [-0.1, -0.05) is 12.1 Å². The second-order valence-corrected chi connectivity index (χ2v) is 4.63. The molecule has 0 unspecified atom stereocenters. The number of β-amino-alcohol motifs (C(OH)–C–C–N with tert-alkyl or cyclic N) is 1. The number of aliphatic hydroxyl groups is 1. The standard InChI is InChI=1S/C15H18N2O5/c1-21-15(22-2)10-4-3-5-11(8-10)16-12-9-13(19)17(6-7-18)14(12)20/h3-5,8-9,15-16,18H,6-7H2,1-2H3. The van der Waals surface area contributed by atoms with Crippen molar-refractivity contribution in [2.45, 2.75) is 6.29 Å². The van der Waals surface area contributed by atoms with Gasteiger partial charge in [0.1, 0.15) is 5.70 Å². The zero-order valence-electron chi connectivity index (χ0n) is 12.4. The van der Waals surface area contributed by atoms with Crippen LogP contribution in [0.5, 0.6) is 0 Å². The van der Waals surface area contributed by atoms with Crippen molar-refractivity contribution in [3.05, 3.63) is 41.6 Å². The lowest BCUT2D eigenvalue weighted by Crippen LogP contribution is -2.34. The Labute approximate surface area is 128 Å². The third-order valence-electron chi connectivity index (χ3n) is 3.20. The molecular formula is C15H18N2O5. The zero-order valence-corrected chi connectivity index (χ0v) is 12.4. The predicted molar refractivity (Wildman–Crippen MR) is 78.7 cm³/mol. The molecule has 0 radical (unpaired) electrons. The van der Waals surface area contributed by atoms with E-state index in [0.717, 1.165) is 10.5 Å². The molecule has 2 N–H and O–H groups in total. The number of nitrogens with zero attached hydrogens (tertiary/aromatic N) is 1. The molecule has 1 aliphatic heterocycles. The molecule has 0 spiro atoms. The van der Waals surface area contributed by atoms with Gasteiger partial charge in [-0.25, -0.2) is 0 Å². The topological polar surface area (TPSA) is 88.1 Å². The molecule has 0 aliphatic carbocycles. The first-order chi connectivity index (χ1) is 10.6. The Kier molecular flexibility index (Phi) is 5.26. The number of ether oxygens (including phenoxy) is 2. The van der Waals surface area contributed by atoms with E-state index in [1.807, 2.05) is 6.07 Å². The molecule has 2 amide bonds. The minimum Gasteiger partial charge on any atom is -0.395 e. The van der Waals surface area contributed by atoms with Crippen LogP contribution in [0.15, 0.2) is 36.0 Å². The fourth-order valence-corrected chi connectivity index (χ4v) is 2.20. The smallest absolute Gasteiger partial charge is 0.277 e. The summed E-state index contributed by atoms with van der Waals surface area (Å²) in [5, 5.41) is 11.8. The average molecular weight is 306 g/mol. The number of aliphatic hydroxyl groups excluding tert-OH is 1. The van der Waals surface area contributed by atoms with Crippen molar-refractivity contribution >= 4 is 17.5 Å². The maximum atomic E-state index is 12.1. The van der Waals surface area contributed by atoms with Gasteiger partial charge in [-0.05, 0) is 12.1 Å². The van der Waals surface area contributed by atoms with E-state index in [1.165, 1.54) is 20.3 Å². The van der Waals surface area contributed by atoms with Crippen LogP contribution in [0.4, 0.5) is 5.69 Å². The van der Waals surface area contributed by atoms with Crippen molar-refractivity contribution in [1.82, 2.24) is 4.90 Å². The van der Waals surface area contributed by atoms with E-state index < -0.39 is 18.1 Å². The van der Waals surface area contributed by atoms with Gasteiger partial charge >= 0.3 is 0 Å². The van der Waals surface area contributed by atoms with Crippen LogP contribution in [-0.4, -0.2) is 49.2 Å². The van der Waals surface area contributed by atoms with Crippen molar-refractivity contribution in [2.75, 3.05) is 32.7 Å². The normalized spacial score (nSPS) is 14.7. The molecule has 118 valence electrons. The second kappa shape index (κ2) is 7.17. The van der Waals surface area contributed by atoms with Crippen LogP contribution in [0.3, 0.4) is 0 Å². The summed E-state index contributed by atoms with van der Waals surface area (Å²) in [5.41, 5.74) is 1.58. The molecule has 0 saturated carbocycles. The maximum Gasteiger partial charge on any atom is 0.277 e. The summed E-state index contributed by atoms with van der Waals surface area (Å²) in [6.07, 6.45) is 0.706. The summed E-state index contributed by atoms with van der Waals surface area (Å²) in [6.45, 7) is -0.285. The highest BCUT2D eigenvalue weighted by atomic mass is 16.7. The number of imide groups is 1. The average Bonchev–Trinajstić information content (AvgIpc) is 2.77. The van der Waals surface area contributed by atoms with E-state index in [2.05, 4.69) is 5.32 Å². The molecule has 0 saturated heterocycles. The first kappa shape index (κ1) is 16.2. The first-order valence-corrected chi connectivity index (χ1v) is 6.71. The molecule has 0 bridgehead atoms. The molecule has 1 heterocycles. The number of methoxy groups -OCH3 is 2. The third-order valence-corrected chi connectivity index (χ3v) is 3.20. The largest absolute Gasteiger partial charge is 0.395 e. The SMILES string of the molecule is COC(OC)c1cccc(NC2=CC(=O)N(CCO)C2=O)c1. The number of hydrogen-bond acceptors (Lipinski definition) is 6. The van der Waals surface area contributed by atoms with E-state index in [1.54, 1.807) is 18.2 Å². The van der Waals surface area contributed by atoms with E-state index >= 15 is 0 Å². The highest BCUT2D eigenvalue weighted by molar-refractivity contribution is 6.17. The Morgan fingerprint density at radius 3 is 2.64 bits per heavy atom. The number of anilines is 1. The molecule has 7 heteroatoms. The van der Waals surface area contributed by atoms with Gasteiger partial charge in [-0.2, -0.15) is 0 Å². The van der Waals surface area contributed by atoms with Gasteiger partial charge < -0.3 is 19.9 Å². The fourth-order valence-electron chi connectivity index (χ4n) is 2.20. The number of hydrogen-bond donors (Lipinski definition) is 2. The Bertz CT molecular complexity index is 595. The third kappa shape index (κ3) is 3.33. The lowest BCUT2D eigenvalue weighted by Gasteiger charge is -2.16. The van der Waals surface area contributed by atoms with Crippen molar-refractivity contribution in [2.24, 2.45) is 0 Å². The number of rotatable bonds is 7. The van der Waals surface area contributed by atoms with E-state index in [0.29, 0.717) is 5.69 Å². The van der Waals surface area contributed by atoms with Crippen molar-refractivity contribution in [3.8, 4) is 0 Å². The van der Waals surface area contributed by atoms with E-state index in [-0.39, 0.29) is 18.8 Å². The zero-order chi connectivity index (χ0) is 16.1. The number of carbonyl (C=O) groups excluding carboxylic acids is 2. The summed E-state index contributed by atoms with van der Waals surface area (Å²) < 4.78 is 10.4. The lowest BCUT2D eigenvalue weighted by molar-refractivity contribution is -0.137. The van der Waals surface area contributed by atoms with Crippen LogP contribution in [0, 0.1) is 0 Å². The van der Waals surface area contributed by atoms with Gasteiger partial charge in [0.15, 0.2) is 6.29 Å². The van der Waals surface area contributed by atoms with Crippen molar-refractivity contribution in [1.29, 1.82) is 0 Å². The molecule has 2 rings (SSSR count). The quantitative estimate of drug-likeness (QED) is 0.567. The highest BCUT2D eigenvalue weighted by Crippen LogP contribution is 2.23. The molecule has 1 aliphatic rings. The summed E-state index contributed by atoms with van der Waals surface area (Å²) >= 11 is 0. The summed E-state index contributed by atoms with van der Waals surface area (Å²) in [5.74, 6) is -0.899. The van der Waals surface area contributed by atoms with E-state index in [9.17, 15) is 9.59 Å². The molecule has 1 aromatic rings. The Balaban J connectivity index is 2.15. The number of benzene rings is 1. The van der Waals surface area contributed by atoms with Crippen LogP contribution in [0.25, 0.3) is 0 Å². The summed E-state index contributed by atoms with van der Waals surface area (Å²) in [6, 6.07) is 7.15. The highest BCUT2D eigenvalue weighted by Gasteiger charge is 2.30. The van der Waals surface area contributed by atoms with Gasteiger partial charge in [0, 0.05) is 31.5 Å². The Morgan fingerprint density at radius 1 is 1.27 bits per heavy atom. The first-order valence-electron chi connectivity index (χ1n) is 6.71.